The molecule has 10 heteroatoms. The van der Waals surface area contributed by atoms with Gasteiger partial charge in [-0.1, -0.05) is 12.1 Å². The van der Waals surface area contributed by atoms with Gasteiger partial charge in [0.05, 0.1) is 18.2 Å². The van der Waals surface area contributed by atoms with Gasteiger partial charge in [0.25, 0.3) is 0 Å². The monoisotopic (exact) mass is 399 g/mol. The van der Waals surface area contributed by atoms with Crippen LogP contribution in [-0.4, -0.2) is 36.4 Å². The Bertz CT molecular complexity index is 962. The molecule has 0 radical (unpaired) electrons. The van der Waals surface area contributed by atoms with Crippen molar-refractivity contribution in [3.8, 4) is 22.8 Å². The molecule has 1 aromatic carbocycles. The number of alkyl halides is 5. The lowest BCUT2D eigenvalue weighted by Crippen LogP contribution is -2.21. The van der Waals surface area contributed by atoms with E-state index in [1.165, 1.54) is 43.6 Å². The largest absolute Gasteiger partial charge is 0.480 e. The van der Waals surface area contributed by atoms with Crippen LogP contribution in [0.4, 0.5) is 27.8 Å². The van der Waals surface area contributed by atoms with Crippen molar-refractivity contribution >= 4 is 16.7 Å². The smallest absolute Gasteiger partial charge is 0.405 e. The molecule has 0 aliphatic carbocycles. The molecule has 2 heterocycles. The zero-order valence-electron chi connectivity index (χ0n) is 14.4. The molecule has 0 saturated heterocycles. The Kier molecular flexibility index (Phi) is 5.48. The molecule has 0 aliphatic heterocycles. The summed E-state index contributed by atoms with van der Waals surface area (Å²) >= 11 is 0. The number of methoxy groups -OCH3 is 1. The van der Waals surface area contributed by atoms with Gasteiger partial charge in [0, 0.05) is 11.6 Å². The minimum Gasteiger partial charge on any atom is -0.480 e. The third-order valence-electron chi connectivity index (χ3n) is 3.73. The number of halogens is 5. The van der Waals surface area contributed by atoms with Crippen molar-refractivity contribution in [3.63, 3.8) is 0 Å². The molecule has 1 N–H and O–H groups in total. The average molecular weight is 399 g/mol. The number of hydrogen-bond acceptors (Lipinski definition) is 5. The number of rotatable bonds is 6. The molecule has 2 aromatic heterocycles. The highest BCUT2D eigenvalue weighted by atomic mass is 19.4. The van der Waals surface area contributed by atoms with Gasteiger partial charge in [-0.15, -0.1) is 0 Å². The third kappa shape index (κ3) is 4.56. The van der Waals surface area contributed by atoms with Crippen molar-refractivity contribution in [1.29, 1.82) is 0 Å². The second-order valence-electron chi connectivity index (χ2n) is 5.65. The van der Waals surface area contributed by atoms with E-state index >= 15 is 0 Å². The van der Waals surface area contributed by atoms with E-state index < -0.39 is 19.3 Å². The van der Waals surface area contributed by atoms with Crippen LogP contribution < -0.4 is 14.8 Å². The van der Waals surface area contributed by atoms with Crippen LogP contribution in [0.25, 0.3) is 22.0 Å². The van der Waals surface area contributed by atoms with E-state index in [0.29, 0.717) is 22.0 Å². The molecule has 28 heavy (non-hydrogen) atoms. The molecule has 0 amide bonds. The van der Waals surface area contributed by atoms with Crippen LogP contribution in [-0.2, 0) is 0 Å². The zero-order chi connectivity index (χ0) is 20.3. The summed E-state index contributed by atoms with van der Waals surface area (Å²) in [6, 6.07) is 8.68. The first-order valence-electron chi connectivity index (χ1n) is 7.96. The number of anilines is 1. The minimum atomic E-state index is -4.39. The Hall–Kier alpha value is -3.17. The summed E-state index contributed by atoms with van der Waals surface area (Å²) in [5.41, 5.74) is 1.29. The van der Waals surface area contributed by atoms with E-state index in [1.807, 2.05) is 0 Å². The molecule has 0 spiro atoms. The maximum Gasteiger partial charge on any atom is 0.405 e. The van der Waals surface area contributed by atoms with Crippen LogP contribution in [0.2, 0.25) is 0 Å². The molecule has 3 rings (SSSR count). The fourth-order valence-corrected chi connectivity index (χ4v) is 2.58. The predicted molar refractivity (Wildman–Crippen MR) is 92.7 cm³/mol. The molecular formula is C18H14F5N3O2. The molecule has 0 unspecified atom stereocenters. The molecule has 0 fully saturated rings. The Morgan fingerprint density at radius 1 is 1.07 bits per heavy atom. The molecule has 0 atom stereocenters. The summed E-state index contributed by atoms with van der Waals surface area (Å²) in [7, 11) is 1.39. The number of hydrogen-bond donors (Lipinski definition) is 1. The topological polar surface area (TPSA) is 56.3 Å². The lowest BCUT2D eigenvalue weighted by molar-refractivity contribution is -0.115. The summed E-state index contributed by atoms with van der Waals surface area (Å²) in [6.07, 6.45) is -2.91. The van der Waals surface area contributed by atoms with Crippen molar-refractivity contribution in [2.24, 2.45) is 0 Å². The van der Waals surface area contributed by atoms with Gasteiger partial charge in [-0.3, -0.25) is 0 Å². The molecule has 5 nitrogen and oxygen atoms in total. The van der Waals surface area contributed by atoms with Crippen LogP contribution in [0.1, 0.15) is 0 Å². The Balaban J connectivity index is 2.05. The van der Waals surface area contributed by atoms with Crippen LogP contribution in [0.5, 0.6) is 11.6 Å². The van der Waals surface area contributed by atoms with Gasteiger partial charge in [-0.25, -0.2) is 9.97 Å². The third-order valence-corrected chi connectivity index (χ3v) is 3.73. The van der Waals surface area contributed by atoms with E-state index in [-0.39, 0.29) is 17.4 Å². The predicted octanol–water partition coefficient (Wildman–Crippen LogP) is 4.88. The van der Waals surface area contributed by atoms with E-state index in [0.717, 1.165) is 0 Å². The number of nitrogens with one attached hydrogen (secondary N) is 1. The highest BCUT2D eigenvalue weighted by Gasteiger charge is 2.27. The zero-order valence-corrected chi connectivity index (χ0v) is 14.4. The Labute approximate surface area is 156 Å². The average Bonchev–Trinajstić information content (AvgIpc) is 2.65. The highest BCUT2D eigenvalue weighted by Crippen LogP contribution is 2.35. The lowest BCUT2D eigenvalue weighted by atomic mass is 10.0. The fraction of sp³-hybridized carbons (Fsp3) is 0.222. The van der Waals surface area contributed by atoms with Crippen LogP contribution in [0, 0.1) is 0 Å². The molecule has 148 valence electrons. The lowest BCUT2D eigenvalue weighted by Gasteiger charge is -2.13. The maximum atomic E-state index is 12.5. The van der Waals surface area contributed by atoms with Gasteiger partial charge in [0.1, 0.15) is 18.1 Å². The molecule has 0 saturated carbocycles. The van der Waals surface area contributed by atoms with Crippen molar-refractivity contribution in [2.45, 2.75) is 12.8 Å². The van der Waals surface area contributed by atoms with Crippen LogP contribution in [0.15, 0.2) is 42.6 Å². The van der Waals surface area contributed by atoms with Crippen molar-refractivity contribution in [1.82, 2.24) is 9.97 Å². The molecular weight excluding hydrogens is 385 g/mol. The van der Waals surface area contributed by atoms with Crippen molar-refractivity contribution in [2.75, 3.05) is 19.0 Å². The number of ether oxygens (including phenoxy) is 2. The van der Waals surface area contributed by atoms with Crippen LogP contribution >= 0.6 is 0 Å². The second kappa shape index (κ2) is 7.83. The van der Waals surface area contributed by atoms with Gasteiger partial charge in [-0.05, 0) is 29.8 Å². The fourth-order valence-electron chi connectivity index (χ4n) is 2.58. The summed E-state index contributed by atoms with van der Waals surface area (Å²) in [4.78, 5) is 8.43. The van der Waals surface area contributed by atoms with Gasteiger partial charge in [0.2, 0.25) is 5.88 Å². The number of aromatic nitrogens is 2. The van der Waals surface area contributed by atoms with E-state index in [2.05, 4.69) is 20.0 Å². The quantitative estimate of drug-likeness (QED) is 0.599. The summed E-state index contributed by atoms with van der Waals surface area (Å²) < 4.78 is 71.6. The highest BCUT2D eigenvalue weighted by molar-refractivity contribution is 5.96. The second-order valence-corrected chi connectivity index (χ2v) is 5.65. The van der Waals surface area contributed by atoms with E-state index in [1.54, 1.807) is 6.07 Å². The van der Waals surface area contributed by atoms with Gasteiger partial charge < -0.3 is 14.8 Å². The van der Waals surface area contributed by atoms with Gasteiger partial charge in [0.15, 0.2) is 0 Å². The Morgan fingerprint density at radius 2 is 1.79 bits per heavy atom. The first-order valence-corrected chi connectivity index (χ1v) is 7.96. The number of benzene rings is 1. The Morgan fingerprint density at radius 3 is 2.39 bits per heavy atom. The standard InChI is InChI=1S/C18H14F5N3O2/c1-27-16-14(10-2-5-12(6-3-10)28-17(19)20)15-11(8-24-16)4-7-13(26-15)25-9-18(21,22)23/h2-8,17H,9H2,1H3,(H,25,26). The number of fused-ring (bicyclic) bond motifs is 1. The van der Waals surface area contributed by atoms with Crippen molar-refractivity contribution in [3.05, 3.63) is 42.6 Å². The van der Waals surface area contributed by atoms with Gasteiger partial charge >= 0.3 is 12.8 Å². The van der Waals surface area contributed by atoms with Crippen molar-refractivity contribution < 1.29 is 31.4 Å². The minimum absolute atomic E-state index is 0.0250. The normalized spacial score (nSPS) is 11.7. The SMILES string of the molecule is COc1ncc2ccc(NCC(F)(F)F)nc2c1-c1ccc(OC(F)F)cc1. The maximum absolute atomic E-state index is 12.5. The number of pyridine rings is 2. The molecule has 0 bridgehead atoms. The summed E-state index contributed by atoms with van der Waals surface area (Å²) in [5, 5.41) is 2.79. The molecule has 3 aromatic rings. The first-order chi connectivity index (χ1) is 13.3. The first kappa shape index (κ1) is 19.6. The van der Waals surface area contributed by atoms with Gasteiger partial charge in [-0.2, -0.15) is 22.0 Å². The molecule has 0 aliphatic rings. The number of nitrogens with zero attached hydrogens (tertiary/aromatic N) is 2. The van der Waals surface area contributed by atoms with E-state index in [4.69, 9.17) is 4.74 Å². The van der Waals surface area contributed by atoms with E-state index in [9.17, 15) is 22.0 Å². The summed E-state index contributed by atoms with van der Waals surface area (Å²) in [5.74, 6) is 0.180. The summed E-state index contributed by atoms with van der Waals surface area (Å²) in [6.45, 7) is -4.19. The van der Waals surface area contributed by atoms with Crippen LogP contribution in [0.3, 0.4) is 0 Å².